The van der Waals surface area contributed by atoms with Crippen molar-refractivity contribution in [1.82, 2.24) is 4.90 Å². The molecule has 1 saturated heterocycles. The van der Waals surface area contributed by atoms with E-state index in [1.54, 1.807) is 20.8 Å². The van der Waals surface area contributed by atoms with E-state index in [2.05, 4.69) is 11.3 Å². The predicted molar refractivity (Wildman–Crippen MR) is 76.4 cm³/mol. The maximum absolute atomic E-state index is 13.8. The summed E-state index contributed by atoms with van der Waals surface area (Å²) >= 11 is 0. The highest BCUT2D eigenvalue weighted by Crippen LogP contribution is 2.42. The van der Waals surface area contributed by atoms with Crippen LogP contribution >= 0.6 is 0 Å². The second-order valence-electron chi connectivity index (χ2n) is 6.41. The third kappa shape index (κ3) is 4.72. The van der Waals surface area contributed by atoms with Gasteiger partial charge in [-0.15, -0.1) is 0 Å². The zero-order chi connectivity index (χ0) is 16.3. The van der Waals surface area contributed by atoms with E-state index in [9.17, 15) is 14.0 Å². The molecule has 0 aromatic heterocycles. The summed E-state index contributed by atoms with van der Waals surface area (Å²) in [7, 11) is 1.27. The van der Waals surface area contributed by atoms with Crippen LogP contribution in [0.5, 0.6) is 0 Å². The molecule has 1 fully saturated rings. The van der Waals surface area contributed by atoms with E-state index >= 15 is 0 Å². The third-order valence-corrected chi connectivity index (χ3v) is 3.66. The Bertz CT molecular complexity index is 420. The van der Waals surface area contributed by atoms with E-state index in [4.69, 9.17) is 4.74 Å². The largest absolute Gasteiger partial charge is 0.469 e. The Labute approximate surface area is 125 Å². The zero-order valence-electron chi connectivity index (χ0n) is 13.2. The number of carbonyl (C=O) groups is 2. The molecule has 0 aliphatic carbocycles. The molecule has 21 heavy (non-hydrogen) atoms. The van der Waals surface area contributed by atoms with Crippen molar-refractivity contribution in [3.63, 3.8) is 0 Å². The fourth-order valence-corrected chi connectivity index (χ4v) is 2.34. The van der Waals surface area contributed by atoms with Gasteiger partial charge in [0.1, 0.15) is 5.60 Å². The van der Waals surface area contributed by atoms with Gasteiger partial charge in [0.2, 0.25) is 0 Å². The number of allylic oxidation sites excluding steroid dienone is 1. The van der Waals surface area contributed by atoms with Crippen LogP contribution in [0.15, 0.2) is 12.4 Å². The Balaban J connectivity index is 2.69. The summed E-state index contributed by atoms with van der Waals surface area (Å²) in [6.45, 7) is 9.39. The minimum Gasteiger partial charge on any atom is -0.469 e. The number of ether oxygens (including phenoxy) is 2. The summed E-state index contributed by atoms with van der Waals surface area (Å²) in [4.78, 5) is 25.0. The van der Waals surface area contributed by atoms with Crippen LogP contribution in [0.2, 0.25) is 0 Å². The number of carbonyl (C=O) groups excluding carboxylic acids is 2. The molecular weight excluding hydrogens is 277 g/mol. The Hall–Kier alpha value is -1.59. The number of halogens is 1. The van der Waals surface area contributed by atoms with Gasteiger partial charge in [-0.2, -0.15) is 0 Å². The lowest BCUT2D eigenvalue weighted by Crippen LogP contribution is -2.46. The van der Waals surface area contributed by atoms with Gasteiger partial charge in [0.15, 0.2) is 0 Å². The maximum Gasteiger partial charge on any atom is 0.410 e. The maximum atomic E-state index is 13.8. The molecule has 0 aromatic rings. The molecule has 1 rings (SSSR count). The van der Waals surface area contributed by atoms with Gasteiger partial charge in [-0.25, -0.2) is 9.18 Å². The molecule has 0 spiro atoms. The van der Waals surface area contributed by atoms with Crippen molar-refractivity contribution >= 4 is 12.1 Å². The standard InChI is InChI=1S/C15H24FNO4/c1-11(16)15(10-12(18)20-5)6-8-17(9-7-15)13(19)21-14(2,3)4/h1,6-10H2,2-5H3. The van der Waals surface area contributed by atoms with Crippen molar-refractivity contribution in [2.75, 3.05) is 20.2 Å². The average molecular weight is 301 g/mol. The molecule has 0 N–H and O–H groups in total. The van der Waals surface area contributed by atoms with E-state index in [-0.39, 0.29) is 6.42 Å². The molecular formula is C15H24FNO4. The number of rotatable bonds is 3. The van der Waals surface area contributed by atoms with Crippen LogP contribution in [0.25, 0.3) is 0 Å². The smallest absolute Gasteiger partial charge is 0.410 e. The van der Waals surface area contributed by atoms with E-state index in [0.717, 1.165) is 0 Å². The topological polar surface area (TPSA) is 55.8 Å². The lowest BCUT2D eigenvalue weighted by molar-refractivity contribution is -0.143. The van der Waals surface area contributed by atoms with Crippen molar-refractivity contribution in [1.29, 1.82) is 0 Å². The highest BCUT2D eigenvalue weighted by molar-refractivity contribution is 5.71. The quantitative estimate of drug-likeness (QED) is 0.752. The van der Waals surface area contributed by atoms with E-state index in [0.29, 0.717) is 25.9 Å². The van der Waals surface area contributed by atoms with Crippen molar-refractivity contribution in [3.8, 4) is 0 Å². The Morgan fingerprint density at radius 1 is 1.29 bits per heavy atom. The van der Waals surface area contributed by atoms with E-state index in [1.807, 2.05) is 0 Å². The van der Waals surface area contributed by atoms with Gasteiger partial charge in [0, 0.05) is 18.5 Å². The molecule has 0 bridgehead atoms. The van der Waals surface area contributed by atoms with Crippen LogP contribution in [0.3, 0.4) is 0 Å². The summed E-state index contributed by atoms with van der Waals surface area (Å²) in [5, 5.41) is 0. The molecule has 120 valence electrons. The fraction of sp³-hybridized carbons (Fsp3) is 0.733. The van der Waals surface area contributed by atoms with Gasteiger partial charge < -0.3 is 14.4 Å². The highest BCUT2D eigenvalue weighted by atomic mass is 19.1. The number of hydrogen-bond acceptors (Lipinski definition) is 4. The Morgan fingerprint density at radius 2 is 1.81 bits per heavy atom. The first-order chi connectivity index (χ1) is 9.59. The second-order valence-corrected chi connectivity index (χ2v) is 6.41. The summed E-state index contributed by atoms with van der Waals surface area (Å²) in [6, 6.07) is 0. The number of nitrogens with zero attached hydrogens (tertiary/aromatic N) is 1. The van der Waals surface area contributed by atoms with Gasteiger partial charge in [-0.1, -0.05) is 6.58 Å². The molecule has 1 aliphatic heterocycles. The van der Waals surface area contributed by atoms with Crippen LogP contribution in [0.1, 0.15) is 40.0 Å². The van der Waals surface area contributed by atoms with Crippen LogP contribution < -0.4 is 0 Å². The number of hydrogen-bond donors (Lipinski definition) is 0. The molecule has 6 heteroatoms. The predicted octanol–water partition coefficient (Wildman–Crippen LogP) is 3.05. The van der Waals surface area contributed by atoms with Gasteiger partial charge in [-0.3, -0.25) is 4.79 Å². The third-order valence-electron chi connectivity index (χ3n) is 3.66. The number of esters is 1. The molecule has 1 amide bonds. The zero-order valence-corrected chi connectivity index (χ0v) is 13.2. The van der Waals surface area contributed by atoms with E-state index < -0.39 is 28.9 Å². The molecule has 0 unspecified atom stereocenters. The SMILES string of the molecule is C=C(F)C1(CC(=O)OC)CCN(C(=O)OC(C)(C)C)CC1. The van der Waals surface area contributed by atoms with Crippen molar-refractivity contribution in [2.24, 2.45) is 5.41 Å². The van der Waals surface area contributed by atoms with Crippen molar-refractivity contribution in [3.05, 3.63) is 12.4 Å². The van der Waals surface area contributed by atoms with Crippen LogP contribution in [-0.4, -0.2) is 42.8 Å². The summed E-state index contributed by atoms with van der Waals surface area (Å²) in [6.07, 6.45) is 0.188. The van der Waals surface area contributed by atoms with Gasteiger partial charge in [-0.05, 0) is 33.6 Å². The van der Waals surface area contributed by atoms with Crippen LogP contribution in [-0.2, 0) is 14.3 Å². The van der Waals surface area contributed by atoms with Gasteiger partial charge >= 0.3 is 12.1 Å². The second kappa shape index (κ2) is 6.45. The number of likely N-dealkylation sites (tertiary alicyclic amines) is 1. The number of piperidine rings is 1. The summed E-state index contributed by atoms with van der Waals surface area (Å²) < 4.78 is 23.7. The van der Waals surface area contributed by atoms with Crippen LogP contribution in [0.4, 0.5) is 9.18 Å². The fourth-order valence-electron chi connectivity index (χ4n) is 2.34. The molecule has 1 aliphatic rings. The summed E-state index contributed by atoms with van der Waals surface area (Å²) in [5.74, 6) is -1.00. The number of amides is 1. The lowest BCUT2D eigenvalue weighted by atomic mass is 9.75. The lowest BCUT2D eigenvalue weighted by Gasteiger charge is -2.40. The first-order valence-electron chi connectivity index (χ1n) is 6.99. The Morgan fingerprint density at radius 3 is 2.19 bits per heavy atom. The highest BCUT2D eigenvalue weighted by Gasteiger charge is 2.41. The molecule has 0 saturated carbocycles. The number of methoxy groups -OCH3 is 1. The molecule has 5 nitrogen and oxygen atoms in total. The normalized spacial score (nSPS) is 18.0. The van der Waals surface area contributed by atoms with E-state index in [1.165, 1.54) is 12.0 Å². The first kappa shape index (κ1) is 17.5. The van der Waals surface area contributed by atoms with Crippen molar-refractivity contribution in [2.45, 2.75) is 45.6 Å². The molecule has 0 aromatic carbocycles. The molecule has 1 heterocycles. The van der Waals surface area contributed by atoms with Gasteiger partial charge in [0.25, 0.3) is 0 Å². The monoisotopic (exact) mass is 301 g/mol. The first-order valence-corrected chi connectivity index (χ1v) is 6.99. The average Bonchev–Trinajstić information content (AvgIpc) is 2.37. The molecule has 0 atom stereocenters. The van der Waals surface area contributed by atoms with Gasteiger partial charge in [0.05, 0.1) is 19.4 Å². The van der Waals surface area contributed by atoms with Crippen molar-refractivity contribution < 1.29 is 23.5 Å². The Kier molecular flexibility index (Phi) is 5.36. The molecule has 0 radical (unpaired) electrons. The minimum absolute atomic E-state index is 0.0546. The summed E-state index contributed by atoms with van der Waals surface area (Å²) in [5.41, 5.74) is -1.51. The van der Waals surface area contributed by atoms with Crippen LogP contribution in [0, 0.1) is 5.41 Å². The minimum atomic E-state index is -0.939.